The van der Waals surface area contributed by atoms with Gasteiger partial charge in [0.05, 0.1) is 77.8 Å². The van der Waals surface area contributed by atoms with Crippen LogP contribution in [0.15, 0.2) is 54.2 Å². The lowest BCUT2D eigenvalue weighted by molar-refractivity contribution is -0.144. The second-order valence-electron chi connectivity index (χ2n) is 18.9. The van der Waals surface area contributed by atoms with Gasteiger partial charge in [-0.15, -0.1) is 11.3 Å². The standard InChI is InChI=1S/C51H60F4N8O9S2/c1-31-42(74-30-59-31)33-15-13-32(14-16-33)26-57-44(66)38-12-11-19-62(38)46(67)43(49(2,3)4)60-39(65)28-71-23-22-70-20-9-10-21-72-45-36(47(68)69-8)24-35(27-58-45)63(50(5,6)29-64)48(73)61(7)37-18-17-34(25-56)40(41(37)52)51(53,54)55/h13-18,24,27,29-30,38,43H,9-12,19-23,26,28H2,1-8H3,(H,57,66)(H,60,65). The van der Waals surface area contributed by atoms with Crippen LogP contribution < -0.4 is 25.2 Å². The lowest BCUT2D eigenvalue weighted by Crippen LogP contribution is -2.58. The van der Waals surface area contributed by atoms with E-state index < -0.39 is 63.7 Å². The summed E-state index contributed by atoms with van der Waals surface area (Å²) in [6.45, 7) is 11.3. The van der Waals surface area contributed by atoms with Gasteiger partial charge in [-0.1, -0.05) is 45.0 Å². The van der Waals surface area contributed by atoms with Crippen LogP contribution in [0.3, 0.4) is 0 Å². The number of pyridine rings is 1. The molecular formula is C51H60F4N8O9S2. The highest BCUT2D eigenvalue weighted by atomic mass is 32.1. The number of carbonyl (C=O) groups is 5. The van der Waals surface area contributed by atoms with Gasteiger partial charge >= 0.3 is 12.1 Å². The van der Waals surface area contributed by atoms with E-state index in [4.69, 9.17) is 31.2 Å². The number of thiazole rings is 1. The van der Waals surface area contributed by atoms with Gasteiger partial charge in [-0.3, -0.25) is 14.4 Å². The van der Waals surface area contributed by atoms with Crippen molar-refractivity contribution in [3.63, 3.8) is 0 Å². The number of aromatic nitrogens is 2. The minimum Gasteiger partial charge on any atom is -0.477 e. The van der Waals surface area contributed by atoms with Gasteiger partial charge < -0.3 is 49.1 Å². The van der Waals surface area contributed by atoms with Crippen molar-refractivity contribution in [1.82, 2.24) is 25.5 Å². The number of carbonyl (C=O) groups excluding carboxylic acids is 5. The SMILES string of the molecule is COC(=O)c1cc(N(C(=S)N(C)c2ccc(C#N)c(C(F)(F)F)c2F)C(C)(C)C=O)cnc1OCCCCOCCOCC(=O)NC(C(=O)N1CCCC1C(=O)NCc1ccc(-c2scnc2C)cc1)C(C)(C)C. The molecule has 5 rings (SSSR count). The van der Waals surface area contributed by atoms with Gasteiger partial charge in [-0.05, 0) is 93.4 Å². The molecule has 2 unspecified atom stereocenters. The summed E-state index contributed by atoms with van der Waals surface area (Å²) in [6.07, 6.45) is -1.42. The van der Waals surface area contributed by atoms with Crippen LogP contribution in [0.5, 0.6) is 5.88 Å². The Kier molecular flexibility index (Phi) is 20.1. The van der Waals surface area contributed by atoms with Crippen molar-refractivity contribution in [2.75, 3.05) is 63.5 Å². The number of benzene rings is 2. The van der Waals surface area contributed by atoms with Crippen LogP contribution in [0.2, 0.25) is 0 Å². The maximum Gasteiger partial charge on any atom is 0.420 e. The first-order valence-corrected chi connectivity index (χ1v) is 24.8. The van der Waals surface area contributed by atoms with Crippen LogP contribution in [0, 0.1) is 29.5 Å². The quantitative estimate of drug-likeness (QED) is 0.0256. The van der Waals surface area contributed by atoms with Gasteiger partial charge in [0, 0.05) is 26.7 Å². The molecule has 1 fully saturated rings. The maximum atomic E-state index is 15.5. The average molecular weight is 1070 g/mol. The van der Waals surface area contributed by atoms with Crippen LogP contribution in [0.1, 0.15) is 93.0 Å². The first-order valence-electron chi connectivity index (χ1n) is 23.5. The molecule has 2 N–H and O–H groups in total. The van der Waals surface area contributed by atoms with Gasteiger partial charge in [0.15, 0.2) is 10.9 Å². The molecule has 0 radical (unpaired) electrons. The number of halogens is 4. The van der Waals surface area contributed by atoms with Gasteiger partial charge in [0.1, 0.15) is 36.1 Å². The zero-order valence-electron chi connectivity index (χ0n) is 42.4. The minimum atomic E-state index is -5.21. The predicted molar refractivity (Wildman–Crippen MR) is 272 cm³/mol. The number of aryl methyl sites for hydroxylation is 1. The number of nitriles is 1. The fraction of sp³-hybridized carbons (Fsp3) is 0.471. The summed E-state index contributed by atoms with van der Waals surface area (Å²) < 4.78 is 78.9. The molecule has 2 aromatic heterocycles. The summed E-state index contributed by atoms with van der Waals surface area (Å²) in [5.41, 5.74) is -0.992. The summed E-state index contributed by atoms with van der Waals surface area (Å²) in [7, 11) is 2.30. The van der Waals surface area contributed by atoms with Crippen molar-refractivity contribution < 1.29 is 60.5 Å². The molecular weight excluding hydrogens is 1010 g/mol. The number of aldehydes is 1. The van der Waals surface area contributed by atoms with Crippen molar-refractivity contribution in [2.45, 2.75) is 97.6 Å². The third-order valence-electron chi connectivity index (χ3n) is 11.9. The fourth-order valence-corrected chi connectivity index (χ4v) is 9.22. The summed E-state index contributed by atoms with van der Waals surface area (Å²) in [5, 5.41) is 14.6. The van der Waals surface area contributed by atoms with E-state index in [-0.39, 0.29) is 67.1 Å². The normalized spacial score (nSPS) is 14.1. The molecule has 1 saturated heterocycles. The topological polar surface area (TPSA) is 206 Å². The number of thiocarbonyl (C=S) groups is 1. The predicted octanol–water partition coefficient (Wildman–Crippen LogP) is 7.57. The highest BCUT2D eigenvalue weighted by molar-refractivity contribution is 7.80. The zero-order valence-corrected chi connectivity index (χ0v) is 44.0. The van der Waals surface area contributed by atoms with Crippen LogP contribution in [-0.2, 0) is 46.1 Å². The van der Waals surface area contributed by atoms with Crippen molar-refractivity contribution in [3.8, 4) is 22.4 Å². The molecule has 398 valence electrons. The van der Waals surface area contributed by atoms with E-state index in [1.165, 1.54) is 44.1 Å². The monoisotopic (exact) mass is 1070 g/mol. The Hall–Kier alpha value is -6.61. The number of likely N-dealkylation sites (tertiary alicyclic amines) is 1. The molecule has 0 bridgehead atoms. The van der Waals surface area contributed by atoms with Gasteiger partial charge in [-0.2, -0.15) is 18.4 Å². The molecule has 1 aliphatic heterocycles. The van der Waals surface area contributed by atoms with E-state index in [0.29, 0.717) is 45.1 Å². The molecule has 17 nitrogen and oxygen atoms in total. The Morgan fingerprint density at radius 3 is 2.32 bits per heavy atom. The van der Waals surface area contributed by atoms with E-state index in [1.54, 1.807) is 21.7 Å². The summed E-state index contributed by atoms with van der Waals surface area (Å²) in [4.78, 5) is 79.0. The Morgan fingerprint density at radius 2 is 1.70 bits per heavy atom. The molecule has 2 aromatic carbocycles. The molecule has 1 aliphatic rings. The van der Waals surface area contributed by atoms with Gasteiger partial charge in [0.2, 0.25) is 23.6 Å². The van der Waals surface area contributed by atoms with Gasteiger partial charge in [0.25, 0.3) is 0 Å². The highest BCUT2D eigenvalue weighted by Crippen LogP contribution is 2.39. The molecule has 2 atom stereocenters. The molecule has 4 aromatic rings. The number of rotatable bonds is 22. The number of unbranched alkanes of at least 4 members (excludes halogenated alkanes) is 1. The second kappa shape index (κ2) is 25.6. The molecule has 3 amide bonds. The Bertz CT molecular complexity index is 2710. The number of methoxy groups -OCH3 is 1. The van der Waals surface area contributed by atoms with Crippen LogP contribution in [0.25, 0.3) is 10.4 Å². The van der Waals surface area contributed by atoms with Crippen LogP contribution in [-0.4, -0.2) is 121 Å². The molecule has 0 aliphatic carbocycles. The minimum absolute atomic E-state index is 0.0154. The number of anilines is 2. The Labute approximate surface area is 436 Å². The maximum absolute atomic E-state index is 15.5. The number of ether oxygens (including phenoxy) is 4. The number of hydrogen-bond acceptors (Lipinski definition) is 14. The lowest BCUT2D eigenvalue weighted by atomic mass is 9.85. The summed E-state index contributed by atoms with van der Waals surface area (Å²) in [5.74, 6) is -3.88. The molecule has 0 spiro atoms. The highest BCUT2D eigenvalue weighted by Gasteiger charge is 2.43. The largest absolute Gasteiger partial charge is 0.477 e. The fourth-order valence-electron chi connectivity index (χ4n) is 7.96. The van der Waals surface area contributed by atoms with E-state index >= 15 is 4.39 Å². The number of alkyl halides is 3. The molecule has 23 heteroatoms. The number of amides is 3. The van der Waals surface area contributed by atoms with E-state index in [0.717, 1.165) is 45.8 Å². The summed E-state index contributed by atoms with van der Waals surface area (Å²) >= 11 is 7.16. The van der Waals surface area contributed by atoms with Crippen molar-refractivity contribution >= 4 is 70.0 Å². The number of nitrogens with zero attached hydrogens (tertiary/aromatic N) is 6. The van der Waals surface area contributed by atoms with Crippen LogP contribution in [0.4, 0.5) is 28.9 Å². The number of nitrogens with one attached hydrogen (secondary N) is 2. The van der Waals surface area contributed by atoms with Gasteiger partial charge in [-0.25, -0.2) is 19.2 Å². The smallest absolute Gasteiger partial charge is 0.420 e. The van der Waals surface area contributed by atoms with Crippen LogP contribution >= 0.6 is 23.6 Å². The number of hydrogen-bond donors (Lipinski definition) is 2. The zero-order chi connectivity index (χ0) is 54.5. The Balaban J connectivity index is 1.07. The number of esters is 1. The van der Waals surface area contributed by atoms with Crippen molar-refractivity contribution in [2.24, 2.45) is 5.41 Å². The van der Waals surface area contributed by atoms with E-state index in [1.807, 2.05) is 52.0 Å². The third-order valence-corrected chi connectivity index (χ3v) is 13.4. The van der Waals surface area contributed by atoms with E-state index in [2.05, 4.69) is 20.6 Å². The molecule has 3 heterocycles. The average Bonchev–Trinajstić information content (AvgIpc) is 4.04. The first-order chi connectivity index (χ1) is 34.9. The second-order valence-corrected chi connectivity index (χ2v) is 20.1. The van der Waals surface area contributed by atoms with Crippen molar-refractivity contribution in [1.29, 1.82) is 5.26 Å². The van der Waals surface area contributed by atoms with Crippen molar-refractivity contribution in [3.05, 3.63) is 87.9 Å². The van der Waals surface area contributed by atoms with E-state index in [9.17, 15) is 42.4 Å². The Morgan fingerprint density at radius 1 is 1.01 bits per heavy atom. The first kappa shape index (κ1) is 58.3. The molecule has 74 heavy (non-hydrogen) atoms. The molecule has 0 saturated carbocycles. The lowest BCUT2D eigenvalue weighted by Gasteiger charge is -2.39. The third kappa shape index (κ3) is 14.6. The summed E-state index contributed by atoms with van der Waals surface area (Å²) in [6, 6.07) is 10.7.